The molecule has 0 aliphatic carbocycles. The maximum Gasteiger partial charge on any atom is 0.0432 e. The molecule has 0 saturated heterocycles. The summed E-state index contributed by atoms with van der Waals surface area (Å²) in [5, 5.41) is 0. The first-order valence-electron chi connectivity index (χ1n) is 3.77. The predicted molar refractivity (Wildman–Crippen MR) is 46.9 cm³/mol. The molecular formula is C10H11N. The largest absolute Gasteiger partial charge is 0.370 e. The average Bonchev–Trinajstić information content (AvgIpc) is 2.30. The summed E-state index contributed by atoms with van der Waals surface area (Å²) in [4.78, 5) is 2.17. The fourth-order valence-electron chi connectivity index (χ4n) is 1.50. The van der Waals surface area contributed by atoms with E-state index in [-0.39, 0.29) is 0 Å². The molecule has 1 aliphatic rings. The Morgan fingerprint density at radius 2 is 2.09 bits per heavy atom. The zero-order chi connectivity index (χ0) is 7.84. The van der Waals surface area contributed by atoms with Crippen molar-refractivity contribution in [2.75, 3.05) is 7.05 Å². The summed E-state index contributed by atoms with van der Waals surface area (Å²) < 4.78 is 0. The summed E-state index contributed by atoms with van der Waals surface area (Å²) in [6.45, 7) is 5.01. The molecule has 1 heteroatoms. The van der Waals surface area contributed by atoms with Crippen molar-refractivity contribution in [1.29, 1.82) is 0 Å². The molecule has 0 aromatic heterocycles. The van der Waals surface area contributed by atoms with Gasteiger partial charge in [0, 0.05) is 24.9 Å². The first-order valence-corrected chi connectivity index (χ1v) is 3.77. The Morgan fingerprint density at radius 1 is 1.36 bits per heavy atom. The van der Waals surface area contributed by atoms with E-state index >= 15 is 0 Å². The molecule has 0 fully saturated rings. The molecule has 0 N–H and O–H groups in total. The zero-order valence-electron chi connectivity index (χ0n) is 6.67. The second kappa shape index (κ2) is 2.12. The van der Waals surface area contributed by atoms with Gasteiger partial charge in [0.25, 0.3) is 0 Å². The third-order valence-electron chi connectivity index (χ3n) is 2.20. The van der Waals surface area contributed by atoms with Gasteiger partial charge in [-0.3, -0.25) is 0 Å². The Kier molecular flexibility index (Phi) is 1.25. The summed E-state index contributed by atoms with van der Waals surface area (Å²) in [7, 11) is 2.07. The van der Waals surface area contributed by atoms with E-state index in [0.29, 0.717) is 0 Å². The number of hydrogen-bond acceptors (Lipinski definition) is 1. The zero-order valence-corrected chi connectivity index (χ0v) is 6.67. The van der Waals surface area contributed by atoms with Crippen LogP contribution in [0.15, 0.2) is 30.8 Å². The number of hydrogen-bond donors (Lipinski definition) is 0. The Labute approximate surface area is 67.0 Å². The molecule has 0 unspecified atom stereocenters. The average molecular weight is 145 g/mol. The van der Waals surface area contributed by atoms with Crippen LogP contribution < -0.4 is 0 Å². The monoisotopic (exact) mass is 145 g/mol. The van der Waals surface area contributed by atoms with E-state index < -0.39 is 0 Å². The molecule has 0 spiro atoms. The van der Waals surface area contributed by atoms with Crippen molar-refractivity contribution in [2.24, 2.45) is 0 Å². The van der Waals surface area contributed by atoms with Gasteiger partial charge in [-0.05, 0) is 5.56 Å². The summed E-state index contributed by atoms with van der Waals surface area (Å²) in [6, 6.07) is 8.42. The summed E-state index contributed by atoms with van der Waals surface area (Å²) >= 11 is 0. The van der Waals surface area contributed by atoms with E-state index in [1.54, 1.807) is 0 Å². The Hall–Kier alpha value is -1.24. The number of fused-ring (bicyclic) bond motifs is 1. The summed E-state index contributed by atoms with van der Waals surface area (Å²) in [5.74, 6) is 0. The van der Waals surface area contributed by atoms with Crippen molar-refractivity contribution in [2.45, 2.75) is 6.54 Å². The lowest BCUT2D eigenvalue weighted by atomic mass is 10.1. The molecule has 1 aliphatic heterocycles. The molecule has 2 rings (SSSR count). The smallest absolute Gasteiger partial charge is 0.0432 e. The van der Waals surface area contributed by atoms with Crippen molar-refractivity contribution >= 4 is 5.70 Å². The minimum atomic E-state index is 1.01. The molecular weight excluding hydrogens is 134 g/mol. The molecule has 0 bridgehead atoms. The van der Waals surface area contributed by atoms with Crippen molar-refractivity contribution in [3.63, 3.8) is 0 Å². The van der Waals surface area contributed by atoms with Crippen LogP contribution >= 0.6 is 0 Å². The van der Waals surface area contributed by atoms with Gasteiger partial charge in [0.15, 0.2) is 0 Å². The molecule has 0 radical (unpaired) electrons. The SMILES string of the molecule is C=C1c2ccccc2CN1C. The minimum absolute atomic E-state index is 1.01. The van der Waals surface area contributed by atoms with Crippen LogP contribution in [0.2, 0.25) is 0 Å². The Morgan fingerprint density at radius 3 is 2.82 bits per heavy atom. The lowest BCUT2D eigenvalue weighted by molar-refractivity contribution is 0.501. The summed E-state index contributed by atoms with van der Waals surface area (Å²) in [6.07, 6.45) is 0. The third-order valence-corrected chi connectivity index (χ3v) is 2.20. The van der Waals surface area contributed by atoms with Crippen molar-refractivity contribution in [1.82, 2.24) is 4.90 Å². The highest BCUT2D eigenvalue weighted by Crippen LogP contribution is 2.28. The second-order valence-electron chi connectivity index (χ2n) is 2.96. The number of nitrogens with zero attached hydrogens (tertiary/aromatic N) is 1. The highest BCUT2D eigenvalue weighted by atomic mass is 15.1. The fraction of sp³-hybridized carbons (Fsp3) is 0.200. The molecule has 1 heterocycles. The predicted octanol–water partition coefficient (Wildman–Crippen LogP) is 2.10. The van der Waals surface area contributed by atoms with Crippen LogP contribution in [0.3, 0.4) is 0 Å². The molecule has 1 aromatic rings. The van der Waals surface area contributed by atoms with E-state index in [1.807, 2.05) is 0 Å². The van der Waals surface area contributed by atoms with E-state index in [9.17, 15) is 0 Å². The molecule has 0 atom stereocenters. The quantitative estimate of drug-likeness (QED) is 0.540. The van der Waals surface area contributed by atoms with Crippen LogP contribution in [0.5, 0.6) is 0 Å². The Balaban J connectivity index is 2.55. The van der Waals surface area contributed by atoms with Gasteiger partial charge >= 0.3 is 0 Å². The van der Waals surface area contributed by atoms with Crippen LogP contribution in [0.1, 0.15) is 11.1 Å². The first-order chi connectivity index (χ1) is 5.29. The highest BCUT2D eigenvalue weighted by molar-refractivity contribution is 5.68. The topological polar surface area (TPSA) is 3.24 Å². The highest BCUT2D eigenvalue weighted by Gasteiger charge is 2.17. The van der Waals surface area contributed by atoms with Gasteiger partial charge < -0.3 is 4.90 Å². The molecule has 1 aromatic carbocycles. The van der Waals surface area contributed by atoms with Crippen LogP contribution in [-0.2, 0) is 6.54 Å². The number of rotatable bonds is 0. The standard InChI is InChI=1S/C10H11N/c1-8-10-6-4-3-5-9(10)7-11(8)2/h3-6H,1,7H2,2H3. The van der Waals surface area contributed by atoms with Gasteiger partial charge in [-0.2, -0.15) is 0 Å². The Bertz CT molecular complexity index is 301. The second-order valence-corrected chi connectivity index (χ2v) is 2.96. The van der Waals surface area contributed by atoms with Crippen LogP contribution in [-0.4, -0.2) is 11.9 Å². The number of benzene rings is 1. The maximum absolute atomic E-state index is 4.00. The lowest BCUT2D eigenvalue weighted by Gasteiger charge is -2.10. The fourth-order valence-corrected chi connectivity index (χ4v) is 1.50. The maximum atomic E-state index is 4.00. The van der Waals surface area contributed by atoms with Crippen molar-refractivity contribution < 1.29 is 0 Å². The van der Waals surface area contributed by atoms with E-state index in [0.717, 1.165) is 12.2 Å². The van der Waals surface area contributed by atoms with Crippen LogP contribution in [0.25, 0.3) is 5.70 Å². The van der Waals surface area contributed by atoms with Gasteiger partial charge in [0.05, 0.1) is 0 Å². The molecule has 1 nitrogen and oxygen atoms in total. The summed E-state index contributed by atoms with van der Waals surface area (Å²) in [5.41, 5.74) is 3.83. The van der Waals surface area contributed by atoms with Gasteiger partial charge in [-0.1, -0.05) is 30.8 Å². The van der Waals surface area contributed by atoms with Gasteiger partial charge in [-0.25, -0.2) is 0 Å². The van der Waals surface area contributed by atoms with Gasteiger partial charge in [0.2, 0.25) is 0 Å². The van der Waals surface area contributed by atoms with Crippen molar-refractivity contribution in [3.8, 4) is 0 Å². The molecule has 0 amide bonds. The third kappa shape index (κ3) is 0.845. The molecule has 56 valence electrons. The lowest BCUT2D eigenvalue weighted by Crippen LogP contribution is -2.05. The normalized spacial score (nSPS) is 15.4. The molecule has 11 heavy (non-hydrogen) atoms. The van der Waals surface area contributed by atoms with Gasteiger partial charge in [-0.15, -0.1) is 0 Å². The molecule has 0 saturated carbocycles. The van der Waals surface area contributed by atoms with Crippen molar-refractivity contribution in [3.05, 3.63) is 42.0 Å². The van der Waals surface area contributed by atoms with E-state index in [2.05, 4.69) is 42.8 Å². The van der Waals surface area contributed by atoms with Crippen LogP contribution in [0, 0.1) is 0 Å². The van der Waals surface area contributed by atoms with E-state index in [1.165, 1.54) is 11.1 Å². The first kappa shape index (κ1) is 6.47. The van der Waals surface area contributed by atoms with E-state index in [4.69, 9.17) is 0 Å². The van der Waals surface area contributed by atoms with Gasteiger partial charge in [0.1, 0.15) is 0 Å². The minimum Gasteiger partial charge on any atom is -0.370 e. The van der Waals surface area contributed by atoms with Crippen LogP contribution in [0.4, 0.5) is 0 Å².